The highest BCUT2D eigenvalue weighted by Crippen LogP contribution is 2.30. The molecule has 0 radical (unpaired) electrons. The van der Waals surface area contributed by atoms with E-state index in [4.69, 9.17) is 4.74 Å². The Balaban J connectivity index is 2.19. The fraction of sp³-hybridized carbons (Fsp3) is 0.562. The fourth-order valence-electron chi connectivity index (χ4n) is 3.01. The number of aryl methyl sites for hydroxylation is 1. The zero-order valence-electron chi connectivity index (χ0n) is 11.6. The Hall–Kier alpha value is -1.22. The van der Waals surface area contributed by atoms with E-state index in [1.54, 1.807) is 20.1 Å². The molecule has 3 heteroatoms. The topological polar surface area (TPSA) is 26.3 Å². The largest absolute Gasteiger partial charge is 0.373 e. The molecule has 2 rings (SSSR count). The lowest BCUT2D eigenvalue weighted by molar-refractivity contribution is 0.0313. The molecule has 0 aliphatic heterocycles. The summed E-state index contributed by atoms with van der Waals surface area (Å²) in [5, 5.41) is 0. The maximum Gasteiger partial charge on any atom is 0.192 e. The molecular weight excluding hydrogens is 243 g/mol. The quantitative estimate of drug-likeness (QED) is 0.771. The maximum absolute atomic E-state index is 13.1. The van der Waals surface area contributed by atoms with Gasteiger partial charge in [-0.3, -0.25) is 4.79 Å². The van der Waals surface area contributed by atoms with Crippen LogP contribution in [0.2, 0.25) is 0 Å². The summed E-state index contributed by atoms with van der Waals surface area (Å²) in [5.74, 6) is -0.0108. The zero-order chi connectivity index (χ0) is 13.8. The molecule has 1 fully saturated rings. The standard InChI is InChI=1S/C16H21FO2/c1-11-10-13(17)8-9-14(11)15(18)16(19-2)12-6-4-3-5-7-12/h8-10,12,16H,3-7H2,1-2H3. The molecule has 19 heavy (non-hydrogen) atoms. The van der Waals surface area contributed by atoms with Crippen LogP contribution in [0.3, 0.4) is 0 Å². The number of carbonyl (C=O) groups is 1. The van der Waals surface area contributed by atoms with Crippen molar-refractivity contribution in [2.75, 3.05) is 7.11 Å². The van der Waals surface area contributed by atoms with Gasteiger partial charge in [0.25, 0.3) is 0 Å². The van der Waals surface area contributed by atoms with Gasteiger partial charge in [-0.2, -0.15) is 0 Å². The van der Waals surface area contributed by atoms with Crippen LogP contribution in [0.5, 0.6) is 0 Å². The molecule has 1 aromatic rings. The molecule has 1 atom stereocenters. The molecule has 104 valence electrons. The third-order valence-electron chi connectivity index (χ3n) is 4.04. The van der Waals surface area contributed by atoms with E-state index < -0.39 is 0 Å². The summed E-state index contributed by atoms with van der Waals surface area (Å²) in [5.41, 5.74) is 1.27. The van der Waals surface area contributed by atoms with Gasteiger partial charge in [-0.15, -0.1) is 0 Å². The zero-order valence-corrected chi connectivity index (χ0v) is 11.6. The SMILES string of the molecule is COC(C(=O)c1ccc(F)cc1C)C1CCCCC1. The van der Waals surface area contributed by atoms with Gasteiger partial charge in [0.1, 0.15) is 11.9 Å². The molecule has 1 aromatic carbocycles. The molecule has 0 heterocycles. The van der Waals surface area contributed by atoms with E-state index in [1.807, 2.05) is 0 Å². The monoisotopic (exact) mass is 264 g/mol. The number of hydrogen-bond donors (Lipinski definition) is 0. The minimum Gasteiger partial charge on any atom is -0.373 e. The Kier molecular flexibility index (Phi) is 4.70. The lowest BCUT2D eigenvalue weighted by atomic mass is 9.82. The van der Waals surface area contributed by atoms with Crippen molar-refractivity contribution in [2.24, 2.45) is 5.92 Å². The predicted octanol–water partition coefficient (Wildman–Crippen LogP) is 3.91. The molecular formula is C16H21FO2. The third kappa shape index (κ3) is 3.21. The molecule has 0 bridgehead atoms. The van der Waals surface area contributed by atoms with Gasteiger partial charge in [0.2, 0.25) is 0 Å². The molecule has 1 aliphatic rings. The van der Waals surface area contributed by atoms with Gasteiger partial charge < -0.3 is 4.74 Å². The van der Waals surface area contributed by atoms with E-state index >= 15 is 0 Å². The minimum atomic E-state index is -0.385. The van der Waals surface area contributed by atoms with Gasteiger partial charge in [0.15, 0.2) is 5.78 Å². The summed E-state index contributed by atoms with van der Waals surface area (Å²) in [6.07, 6.45) is 5.29. The number of halogens is 1. The molecule has 0 aromatic heterocycles. The first-order chi connectivity index (χ1) is 9.13. The first-order valence-corrected chi connectivity index (χ1v) is 6.96. The van der Waals surface area contributed by atoms with Gasteiger partial charge in [0, 0.05) is 12.7 Å². The number of ketones is 1. The molecule has 1 aliphatic carbocycles. The number of methoxy groups -OCH3 is 1. The van der Waals surface area contributed by atoms with E-state index in [0.29, 0.717) is 17.0 Å². The lowest BCUT2D eigenvalue weighted by Gasteiger charge is -2.28. The molecule has 1 saturated carbocycles. The smallest absolute Gasteiger partial charge is 0.192 e. The number of carbonyl (C=O) groups excluding carboxylic acids is 1. The van der Waals surface area contributed by atoms with Crippen LogP contribution >= 0.6 is 0 Å². The molecule has 0 amide bonds. The predicted molar refractivity (Wildman–Crippen MR) is 72.8 cm³/mol. The van der Waals surface area contributed by atoms with Crippen molar-refractivity contribution >= 4 is 5.78 Å². The van der Waals surface area contributed by atoms with Crippen LogP contribution in [-0.2, 0) is 4.74 Å². The maximum atomic E-state index is 13.1. The summed E-state index contributed by atoms with van der Waals surface area (Å²) >= 11 is 0. The average molecular weight is 264 g/mol. The van der Waals surface area contributed by atoms with Crippen LogP contribution in [0.25, 0.3) is 0 Å². The van der Waals surface area contributed by atoms with Crippen LogP contribution in [-0.4, -0.2) is 19.0 Å². The third-order valence-corrected chi connectivity index (χ3v) is 4.04. The summed E-state index contributed by atoms with van der Waals surface area (Å²) in [7, 11) is 1.59. The van der Waals surface area contributed by atoms with Crippen molar-refractivity contribution in [3.8, 4) is 0 Å². The van der Waals surface area contributed by atoms with Crippen molar-refractivity contribution in [1.82, 2.24) is 0 Å². The van der Waals surface area contributed by atoms with Gasteiger partial charge >= 0.3 is 0 Å². The Bertz CT molecular complexity index is 450. The van der Waals surface area contributed by atoms with E-state index in [2.05, 4.69) is 0 Å². The first kappa shape index (κ1) is 14.2. The highest BCUT2D eigenvalue weighted by Gasteiger charge is 2.30. The van der Waals surface area contributed by atoms with Crippen molar-refractivity contribution in [1.29, 1.82) is 0 Å². The van der Waals surface area contributed by atoms with Crippen molar-refractivity contribution in [3.63, 3.8) is 0 Å². The fourth-order valence-corrected chi connectivity index (χ4v) is 3.01. The number of rotatable bonds is 4. The Morgan fingerprint density at radius 1 is 1.32 bits per heavy atom. The minimum absolute atomic E-state index is 0.00750. The number of Topliss-reactive ketones (excluding diaryl/α,β-unsaturated/α-hetero) is 1. The van der Waals surface area contributed by atoms with Crippen LogP contribution in [0.1, 0.15) is 48.0 Å². The van der Waals surface area contributed by atoms with E-state index in [-0.39, 0.29) is 17.7 Å². The highest BCUT2D eigenvalue weighted by molar-refractivity contribution is 6.00. The molecule has 0 N–H and O–H groups in total. The lowest BCUT2D eigenvalue weighted by Crippen LogP contribution is -2.33. The molecule has 0 spiro atoms. The van der Waals surface area contributed by atoms with Crippen molar-refractivity contribution in [3.05, 3.63) is 35.1 Å². The van der Waals surface area contributed by atoms with E-state index in [9.17, 15) is 9.18 Å². The van der Waals surface area contributed by atoms with Crippen LogP contribution in [0.15, 0.2) is 18.2 Å². The summed E-state index contributed by atoms with van der Waals surface area (Å²) in [6, 6.07) is 4.32. The van der Waals surface area contributed by atoms with Crippen LogP contribution < -0.4 is 0 Å². The highest BCUT2D eigenvalue weighted by atomic mass is 19.1. The van der Waals surface area contributed by atoms with Gasteiger partial charge in [-0.1, -0.05) is 19.3 Å². The number of benzene rings is 1. The second-order valence-corrected chi connectivity index (χ2v) is 5.38. The second kappa shape index (κ2) is 6.29. The number of hydrogen-bond acceptors (Lipinski definition) is 2. The van der Waals surface area contributed by atoms with Crippen LogP contribution in [0.4, 0.5) is 4.39 Å². The molecule has 0 saturated heterocycles. The number of ether oxygens (including phenoxy) is 1. The van der Waals surface area contributed by atoms with Gasteiger partial charge in [-0.05, 0) is 49.4 Å². The van der Waals surface area contributed by atoms with Crippen molar-refractivity contribution in [2.45, 2.75) is 45.1 Å². The van der Waals surface area contributed by atoms with E-state index in [0.717, 1.165) is 12.8 Å². The second-order valence-electron chi connectivity index (χ2n) is 5.38. The van der Waals surface area contributed by atoms with Gasteiger partial charge in [-0.25, -0.2) is 4.39 Å². The Labute approximate surface area is 114 Å². The summed E-state index contributed by atoms with van der Waals surface area (Å²) in [4.78, 5) is 12.6. The van der Waals surface area contributed by atoms with E-state index in [1.165, 1.54) is 31.4 Å². The first-order valence-electron chi connectivity index (χ1n) is 6.96. The summed E-state index contributed by atoms with van der Waals surface area (Å²) in [6.45, 7) is 1.77. The van der Waals surface area contributed by atoms with Gasteiger partial charge in [0.05, 0.1) is 0 Å². The average Bonchev–Trinajstić information content (AvgIpc) is 2.40. The molecule has 2 nitrogen and oxygen atoms in total. The Morgan fingerprint density at radius 2 is 2.00 bits per heavy atom. The normalized spacial score (nSPS) is 18.3. The van der Waals surface area contributed by atoms with Crippen LogP contribution in [0, 0.1) is 18.7 Å². The Morgan fingerprint density at radius 3 is 2.58 bits per heavy atom. The molecule has 1 unspecified atom stereocenters. The van der Waals surface area contributed by atoms with Crippen molar-refractivity contribution < 1.29 is 13.9 Å². The summed E-state index contributed by atoms with van der Waals surface area (Å²) < 4.78 is 18.6.